The van der Waals surface area contributed by atoms with Gasteiger partial charge in [-0.1, -0.05) is 58.4 Å². The van der Waals surface area contributed by atoms with Crippen LogP contribution in [0.1, 0.15) is 39.5 Å². The molecular weight excluding hydrogens is 244 g/mol. The molecule has 4 nitrogen and oxygen atoms in total. The van der Waals surface area contributed by atoms with Gasteiger partial charge in [0.1, 0.15) is 0 Å². The SMILES string of the molecule is CCCCC(CC)CNC(=O)S.NC(=O)S. The van der Waals surface area contributed by atoms with Crippen LogP contribution in [0.5, 0.6) is 0 Å². The lowest BCUT2D eigenvalue weighted by Gasteiger charge is -2.13. The zero-order valence-corrected chi connectivity index (χ0v) is 11.7. The number of amides is 2. The molecular formula is C10H22N2O2S2. The Labute approximate surface area is 109 Å². The van der Waals surface area contributed by atoms with Crippen molar-refractivity contribution in [2.75, 3.05) is 6.54 Å². The fourth-order valence-electron chi connectivity index (χ4n) is 1.17. The quantitative estimate of drug-likeness (QED) is 0.558. The van der Waals surface area contributed by atoms with Gasteiger partial charge in [-0.15, -0.1) is 0 Å². The maximum atomic E-state index is 10.5. The predicted molar refractivity (Wildman–Crippen MR) is 74.3 cm³/mol. The van der Waals surface area contributed by atoms with Gasteiger partial charge in [-0.25, -0.2) is 0 Å². The van der Waals surface area contributed by atoms with Crippen molar-refractivity contribution in [2.24, 2.45) is 11.7 Å². The molecule has 0 fully saturated rings. The maximum absolute atomic E-state index is 10.5. The van der Waals surface area contributed by atoms with E-state index >= 15 is 0 Å². The highest BCUT2D eigenvalue weighted by Crippen LogP contribution is 2.11. The van der Waals surface area contributed by atoms with Gasteiger partial charge in [-0.05, 0) is 12.3 Å². The monoisotopic (exact) mass is 266 g/mol. The number of primary amides is 1. The molecule has 6 heteroatoms. The Hall–Kier alpha value is -0.360. The third-order valence-electron chi connectivity index (χ3n) is 2.09. The van der Waals surface area contributed by atoms with Gasteiger partial charge >= 0.3 is 0 Å². The molecule has 0 bridgehead atoms. The van der Waals surface area contributed by atoms with Gasteiger partial charge in [0.05, 0.1) is 0 Å². The maximum Gasteiger partial charge on any atom is 0.275 e. The molecule has 0 aliphatic carbocycles. The van der Waals surface area contributed by atoms with Crippen molar-refractivity contribution in [1.82, 2.24) is 5.32 Å². The molecule has 0 aromatic rings. The van der Waals surface area contributed by atoms with Crippen molar-refractivity contribution in [3.8, 4) is 0 Å². The van der Waals surface area contributed by atoms with Crippen LogP contribution in [-0.2, 0) is 0 Å². The summed E-state index contributed by atoms with van der Waals surface area (Å²) in [7, 11) is 0. The second kappa shape index (κ2) is 12.7. The average Bonchev–Trinajstić information content (AvgIpc) is 2.17. The van der Waals surface area contributed by atoms with Gasteiger partial charge in [0.15, 0.2) is 0 Å². The molecule has 0 aromatic heterocycles. The number of nitrogens with two attached hydrogens (primary N) is 1. The van der Waals surface area contributed by atoms with E-state index in [1.54, 1.807) is 0 Å². The van der Waals surface area contributed by atoms with Gasteiger partial charge in [0.25, 0.3) is 10.5 Å². The Morgan fingerprint density at radius 3 is 2.12 bits per heavy atom. The van der Waals surface area contributed by atoms with Gasteiger partial charge in [-0.2, -0.15) is 0 Å². The van der Waals surface area contributed by atoms with E-state index < -0.39 is 5.24 Å². The molecule has 0 rings (SSSR count). The first-order valence-electron chi connectivity index (χ1n) is 5.39. The van der Waals surface area contributed by atoms with Crippen LogP contribution >= 0.6 is 25.3 Å². The molecule has 96 valence electrons. The molecule has 0 heterocycles. The minimum atomic E-state index is -0.639. The van der Waals surface area contributed by atoms with Crippen LogP contribution in [0.25, 0.3) is 0 Å². The summed E-state index contributed by atoms with van der Waals surface area (Å²) in [4.78, 5) is 19.6. The van der Waals surface area contributed by atoms with Crippen molar-refractivity contribution in [2.45, 2.75) is 39.5 Å². The van der Waals surface area contributed by atoms with E-state index in [0.717, 1.165) is 13.0 Å². The number of hydrogen-bond acceptors (Lipinski definition) is 2. The lowest BCUT2D eigenvalue weighted by atomic mass is 10.00. The molecule has 16 heavy (non-hydrogen) atoms. The van der Waals surface area contributed by atoms with E-state index in [2.05, 4.69) is 50.2 Å². The predicted octanol–water partition coefficient (Wildman–Crippen LogP) is 2.84. The number of rotatable bonds is 6. The molecule has 3 N–H and O–H groups in total. The molecule has 0 spiro atoms. The van der Waals surface area contributed by atoms with Crippen molar-refractivity contribution in [3.63, 3.8) is 0 Å². The van der Waals surface area contributed by atoms with Crippen LogP contribution < -0.4 is 11.1 Å². The average molecular weight is 266 g/mol. The lowest BCUT2D eigenvalue weighted by molar-refractivity contribution is 0.258. The van der Waals surface area contributed by atoms with Gasteiger partial charge in [-0.3, -0.25) is 9.59 Å². The first-order chi connectivity index (χ1) is 7.43. The van der Waals surface area contributed by atoms with Crippen molar-refractivity contribution in [3.05, 3.63) is 0 Å². The van der Waals surface area contributed by atoms with Crippen LogP contribution in [-0.4, -0.2) is 17.0 Å². The zero-order chi connectivity index (χ0) is 13.0. The number of hydrogen-bond donors (Lipinski definition) is 4. The second-order valence-electron chi connectivity index (χ2n) is 3.44. The van der Waals surface area contributed by atoms with Crippen molar-refractivity contribution >= 4 is 35.7 Å². The second-order valence-corrected chi connectivity index (χ2v) is 4.29. The summed E-state index contributed by atoms with van der Waals surface area (Å²) in [5, 5.41) is 1.87. The van der Waals surface area contributed by atoms with Gasteiger partial charge in [0, 0.05) is 6.54 Å². The van der Waals surface area contributed by atoms with E-state index in [-0.39, 0.29) is 5.24 Å². The zero-order valence-electron chi connectivity index (χ0n) is 9.90. The summed E-state index contributed by atoms with van der Waals surface area (Å²) in [6, 6.07) is 0. The third-order valence-corrected chi connectivity index (χ3v) is 2.24. The molecule has 0 saturated carbocycles. The highest BCUT2D eigenvalue weighted by atomic mass is 32.1. The van der Waals surface area contributed by atoms with Crippen LogP contribution in [0.2, 0.25) is 0 Å². The van der Waals surface area contributed by atoms with E-state index in [9.17, 15) is 4.79 Å². The Morgan fingerprint density at radius 1 is 1.31 bits per heavy atom. The fourth-order valence-corrected chi connectivity index (χ4v) is 1.27. The van der Waals surface area contributed by atoms with Crippen molar-refractivity contribution in [1.29, 1.82) is 0 Å². The van der Waals surface area contributed by atoms with Crippen LogP contribution in [0.4, 0.5) is 9.59 Å². The molecule has 0 aromatic carbocycles. The molecule has 2 amide bonds. The summed E-state index contributed by atoms with van der Waals surface area (Å²) in [6.45, 7) is 5.12. The minimum absolute atomic E-state index is 0.218. The Bertz CT molecular complexity index is 197. The summed E-state index contributed by atoms with van der Waals surface area (Å²) < 4.78 is 0. The fraction of sp³-hybridized carbons (Fsp3) is 0.800. The standard InChI is InChI=1S/C9H19NOS.CH3NOS/c1-3-5-6-8(4-2)7-10-9(11)12;2-1(3)4/h8H,3-7H2,1-2H3,(H2,10,11,12);(H3,2,3,4). The Kier molecular flexibility index (Phi) is 14.3. The molecule has 0 radical (unpaired) electrons. The van der Waals surface area contributed by atoms with E-state index in [0.29, 0.717) is 5.92 Å². The van der Waals surface area contributed by atoms with E-state index in [1.165, 1.54) is 19.3 Å². The summed E-state index contributed by atoms with van der Waals surface area (Å²) in [6.07, 6.45) is 4.82. The number of nitrogens with one attached hydrogen (secondary N) is 1. The van der Waals surface area contributed by atoms with E-state index in [1.807, 2.05) is 0 Å². The number of carbonyl (C=O) groups excluding carboxylic acids is 2. The minimum Gasteiger partial charge on any atom is -0.361 e. The number of thiol groups is 2. The van der Waals surface area contributed by atoms with Crippen LogP contribution in [0.15, 0.2) is 0 Å². The topological polar surface area (TPSA) is 72.2 Å². The molecule has 0 aliphatic rings. The van der Waals surface area contributed by atoms with Gasteiger partial charge < -0.3 is 11.1 Å². The lowest BCUT2D eigenvalue weighted by Crippen LogP contribution is -2.24. The number of carbonyl (C=O) groups is 2. The van der Waals surface area contributed by atoms with Crippen molar-refractivity contribution < 1.29 is 9.59 Å². The smallest absolute Gasteiger partial charge is 0.275 e. The summed E-state index contributed by atoms with van der Waals surface area (Å²) in [5.41, 5.74) is 4.34. The van der Waals surface area contributed by atoms with E-state index in [4.69, 9.17) is 4.79 Å². The molecule has 1 unspecified atom stereocenters. The molecule has 0 aliphatic heterocycles. The Morgan fingerprint density at radius 2 is 1.81 bits per heavy atom. The molecule has 0 saturated heterocycles. The number of unbranched alkanes of at least 4 members (excludes halogenated alkanes) is 1. The summed E-state index contributed by atoms with van der Waals surface area (Å²) in [5.74, 6) is 0.626. The highest BCUT2D eigenvalue weighted by molar-refractivity contribution is 7.96. The van der Waals surface area contributed by atoms with Crippen LogP contribution in [0, 0.1) is 5.92 Å². The first kappa shape index (κ1) is 18.0. The molecule has 1 atom stereocenters. The van der Waals surface area contributed by atoms with Gasteiger partial charge in [0.2, 0.25) is 0 Å². The van der Waals surface area contributed by atoms with Crippen LogP contribution in [0.3, 0.4) is 0 Å². The first-order valence-corrected chi connectivity index (χ1v) is 6.28. The highest BCUT2D eigenvalue weighted by Gasteiger charge is 2.05. The Balaban J connectivity index is 0. The summed E-state index contributed by atoms with van der Waals surface area (Å²) >= 11 is 6.76. The normalized spacial score (nSPS) is 11.0. The third kappa shape index (κ3) is 19.2. The largest absolute Gasteiger partial charge is 0.361 e.